The van der Waals surface area contributed by atoms with Crippen molar-refractivity contribution in [3.05, 3.63) is 35.9 Å². The van der Waals surface area contributed by atoms with Gasteiger partial charge in [-0.25, -0.2) is 0 Å². The Morgan fingerprint density at radius 1 is 0.867 bits per heavy atom. The van der Waals surface area contributed by atoms with Gasteiger partial charge in [0.25, 0.3) is 0 Å². The maximum absolute atomic E-state index is 14.4. The van der Waals surface area contributed by atoms with E-state index in [0.717, 1.165) is 18.4 Å². The summed E-state index contributed by atoms with van der Waals surface area (Å²) >= 11 is 0. The fourth-order valence-electron chi connectivity index (χ4n) is 9.56. The van der Waals surface area contributed by atoms with Gasteiger partial charge in [-0.3, -0.25) is 33.6 Å². The number of aliphatic carboxylic acids is 2. The molecule has 5 amide bonds. The SMILES string of the molecule is CC(C)[C@H](NC(=O)[C@H](CCC(=O)O)NC(=O)[C@@H](N)CC(=O)O)C(=O)N[C@H](C(=O)N1CCC[C@H]1C(=O)N[C@@H](Cc1ccccc1)B1O[C@@H]2C[C@@H]3C[C@H](C3(C)C)[C@]2(C)O1)C(C)C. The van der Waals surface area contributed by atoms with Crippen LogP contribution in [0.3, 0.4) is 0 Å². The third kappa shape index (κ3) is 10.3. The van der Waals surface area contributed by atoms with Crippen molar-refractivity contribution in [2.75, 3.05) is 6.54 Å². The van der Waals surface area contributed by atoms with Gasteiger partial charge >= 0.3 is 19.1 Å². The summed E-state index contributed by atoms with van der Waals surface area (Å²) in [6, 6.07) is 3.67. The van der Waals surface area contributed by atoms with Crippen LogP contribution in [0.2, 0.25) is 0 Å². The number of nitrogens with one attached hydrogen (secondary N) is 4. The number of carbonyl (C=O) groups excluding carboxylic acids is 5. The second kappa shape index (κ2) is 19.0. The number of amides is 5. The number of carboxylic acids is 2. The monoisotopic (exact) mass is 838 g/mol. The highest BCUT2D eigenvalue weighted by Gasteiger charge is 2.68. The Bertz CT molecular complexity index is 1780. The van der Waals surface area contributed by atoms with Crippen LogP contribution in [-0.4, -0.2) is 118 Å². The normalized spacial score (nSPS) is 26.5. The molecule has 330 valence electrons. The average molecular weight is 839 g/mol. The third-order valence-electron chi connectivity index (χ3n) is 13.3. The Kier molecular flexibility index (Phi) is 14.7. The van der Waals surface area contributed by atoms with Crippen molar-refractivity contribution in [2.45, 2.75) is 148 Å². The molecule has 2 aliphatic heterocycles. The van der Waals surface area contributed by atoms with Crippen molar-refractivity contribution in [2.24, 2.45) is 34.8 Å². The number of nitrogens with two attached hydrogens (primary N) is 1. The molecule has 2 bridgehead atoms. The van der Waals surface area contributed by atoms with Crippen LogP contribution in [0.4, 0.5) is 0 Å². The standard InChI is InChI=1S/C42H63BN6O11/c1-22(2)34(47-37(55)27(15-16-32(50)51)45-36(54)26(44)21-33(52)53)39(57)48-35(23(3)4)40(58)49-17-11-14-28(49)38(56)46-31(18-24-12-9-8-10-13-24)43-59-30-20-25-19-29(41(25,5)6)42(30,7)60-43/h8-10,12-13,22-23,25-31,34-35H,11,14-21,44H2,1-7H3,(H,45,54)(H,46,56)(H,47,55)(H,48,57)(H,50,51)(H,52,53)/t25-,26-,27-,28-,29+,30+,31-,34-,35-,42-/m0/s1. The van der Waals surface area contributed by atoms with Gasteiger partial charge in [0.15, 0.2) is 0 Å². The van der Waals surface area contributed by atoms with E-state index < -0.39 is 109 Å². The summed E-state index contributed by atoms with van der Waals surface area (Å²) < 4.78 is 13.4. The Hall–Kier alpha value is -4.55. The molecule has 3 saturated carbocycles. The zero-order valence-electron chi connectivity index (χ0n) is 35.8. The van der Waals surface area contributed by atoms with Crippen LogP contribution in [0, 0.1) is 29.1 Å². The highest BCUT2D eigenvalue weighted by molar-refractivity contribution is 6.48. The zero-order chi connectivity index (χ0) is 44.3. The number of carbonyl (C=O) groups is 7. The molecule has 60 heavy (non-hydrogen) atoms. The molecule has 0 spiro atoms. The molecule has 1 aromatic carbocycles. The minimum atomic E-state index is -1.51. The Labute approximate surface area is 352 Å². The molecule has 0 aromatic heterocycles. The van der Waals surface area contributed by atoms with Gasteiger partial charge in [0.05, 0.1) is 30.1 Å². The molecule has 6 rings (SSSR count). The van der Waals surface area contributed by atoms with Crippen LogP contribution in [0.1, 0.15) is 99.0 Å². The topological polar surface area (TPSA) is 256 Å². The van der Waals surface area contributed by atoms with E-state index in [1.165, 1.54) is 4.90 Å². The zero-order valence-corrected chi connectivity index (χ0v) is 35.8. The molecule has 2 saturated heterocycles. The van der Waals surface area contributed by atoms with E-state index in [1.54, 1.807) is 27.7 Å². The third-order valence-corrected chi connectivity index (χ3v) is 13.3. The fraction of sp³-hybridized carbons (Fsp3) is 0.690. The first kappa shape index (κ1) is 46.5. The van der Waals surface area contributed by atoms with E-state index in [4.69, 9.17) is 20.1 Å². The van der Waals surface area contributed by atoms with Crippen molar-refractivity contribution in [1.29, 1.82) is 0 Å². The summed E-state index contributed by atoms with van der Waals surface area (Å²) in [6.07, 6.45) is 1.68. The van der Waals surface area contributed by atoms with E-state index in [9.17, 15) is 38.7 Å². The van der Waals surface area contributed by atoms with E-state index in [0.29, 0.717) is 31.1 Å². The molecule has 8 N–H and O–H groups in total. The summed E-state index contributed by atoms with van der Waals surface area (Å²) in [5, 5.41) is 29.2. The first-order valence-corrected chi connectivity index (χ1v) is 21.2. The molecule has 3 aliphatic carbocycles. The minimum Gasteiger partial charge on any atom is -0.481 e. The van der Waals surface area contributed by atoms with Crippen LogP contribution in [0.5, 0.6) is 0 Å². The predicted molar refractivity (Wildman–Crippen MR) is 219 cm³/mol. The molecule has 5 fully saturated rings. The van der Waals surface area contributed by atoms with E-state index >= 15 is 0 Å². The van der Waals surface area contributed by atoms with Gasteiger partial charge in [0, 0.05) is 13.0 Å². The molecule has 5 aliphatic rings. The molecule has 0 radical (unpaired) electrons. The number of hydrogen-bond donors (Lipinski definition) is 7. The molecule has 18 heteroatoms. The molecular formula is C42H63BN6O11. The number of rotatable bonds is 19. The lowest BCUT2D eigenvalue weighted by Gasteiger charge is -2.64. The molecule has 1 aromatic rings. The number of carboxylic acid groups (broad SMARTS) is 2. The Morgan fingerprint density at radius 3 is 2.12 bits per heavy atom. The van der Waals surface area contributed by atoms with E-state index in [-0.39, 0.29) is 30.4 Å². The van der Waals surface area contributed by atoms with Crippen molar-refractivity contribution in [1.82, 2.24) is 26.2 Å². The molecule has 10 atom stereocenters. The van der Waals surface area contributed by atoms with Crippen LogP contribution >= 0.6 is 0 Å². The molecule has 2 heterocycles. The number of hydrogen-bond acceptors (Lipinski definition) is 10. The highest BCUT2D eigenvalue weighted by atomic mass is 16.7. The van der Waals surface area contributed by atoms with Gasteiger partial charge in [-0.05, 0) is 80.1 Å². The van der Waals surface area contributed by atoms with Crippen molar-refractivity contribution < 1.29 is 53.1 Å². The summed E-state index contributed by atoms with van der Waals surface area (Å²) in [7, 11) is -0.700. The van der Waals surface area contributed by atoms with E-state index in [2.05, 4.69) is 42.0 Å². The van der Waals surface area contributed by atoms with Crippen molar-refractivity contribution in [3.8, 4) is 0 Å². The maximum atomic E-state index is 14.4. The Morgan fingerprint density at radius 2 is 1.52 bits per heavy atom. The highest BCUT2D eigenvalue weighted by Crippen LogP contribution is 2.65. The van der Waals surface area contributed by atoms with Crippen LogP contribution in [-0.2, 0) is 49.3 Å². The molecule has 17 nitrogen and oxygen atoms in total. The summed E-state index contributed by atoms with van der Waals surface area (Å²) in [5.41, 5.74) is 6.30. The lowest BCUT2D eigenvalue weighted by molar-refractivity contribution is -0.199. The second-order valence-corrected chi connectivity index (χ2v) is 18.5. The summed E-state index contributed by atoms with van der Waals surface area (Å²) in [5.74, 6) is -6.61. The minimum absolute atomic E-state index is 0.0923. The van der Waals surface area contributed by atoms with Gasteiger partial charge in [-0.2, -0.15) is 0 Å². The van der Waals surface area contributed by atoms with Crippen LogP contribution in [0.15, 0.2) is 30.3 Å². The van der Waals surface area contributed by atoms with E-state index in [1.807, 2.05) is 30.3 Å². The first-order valence-electron chi connectivity index (χ1n) is 21.2. The van der Waals surface area contributed by atoms with Crippen LogP contribution in [0.25, 0.3) is 0 Å². The summed E-state index contributed by atoms with van der Waals surface area (Å²) in [6.45, 7) is 13.8. The lowest BCUT2D eigenvalue weighted by atomic mass is 9.43. The van der Waals surface area contributed by atoms with Gasteiger partial charge in [-0.1, -0.05) is 71.9 Å². The van der Waals surface area contributed by atoms with Crippen LogP contribution < -0.4 is 27.0 Å². The van der Waals surface area contributed by atoms with Crippen molar-refractivity contribution in [3.63, 3.8) is 0 Å². The molecular weight excluding hydrogens is 775 g/mol. The smallest absolute Gasteiger partial charge is 0.481 e. The van der Waals surface area contributed by atoms with Crippen molar-refractivity contribution >= 4 is 48.6 Å². The maximum Gasteiger partial charge on any atom is 0.482 e. The second-order valence-electron chi connectivity index (χ2n) is 18.5. The largest absolute Gasteiger partial charge is 0.482 e. The first-order chi connectivity index (χ1) is 28.1. The Balaban J connectivity index is 1.28. The number of nitrogens with zero attached hydrogens (tertiary/aromatic N) is 1. The van der Waals surface area contributed by atoms with Gasteiger partial charge in [-0.15, -0.1) is 0 Å². The summed E-state index contributed by atoms with van der Waals surface area (Å²) in [4.78, 5) is 92.6. The van der Waals surface area contributed by atoms with Gasteiger partial charge < -0.3 is 51.4 Å². The average Bonchev–Trinajstić information content (AvgIpc) is 3.81. The van der Waals surface area contributed by atoms with Gasteiger partial charge in [0.1, 0.15) is 24.2 Å². The quantitative estimate of drug-likeness (QED) is 0.0977. The predicted octanol–water partition coefficient (Wildman–Crippen LogP) is 1.41. The van der Waals surface area contributed by atoms with Gasteiger partial charge in [0.2, 0.25) is 29.5 Å². The fourth-order valence-corrected chi connectivity index (χ4v) is 9.56. The molecule has 0 unspecified atom stereocenters. The number of likely N-dealkylation sites (tertiary alicyclic amines) is 1. The number of benzene rings is 1. The lowest BCUT2D eigenvalue weighted by Crippen LogP contribution is -2.65.